The zero-order valence-electron chi connectivity index (χ0n) is 19.8. The molecule has 0 atom stereocenters. The van der Waals surface area contributed by atoms with Crippen LogP contribution in [0.5, 0.6) is 0 Å². The third-order valence-corrected chi connectivity index (χ3v) is 7.66. The maximum Gasteiger partial charge on any atom is 0.339 e. The van der Waals surface area contributed by atoms with E-state index >= 15 is 0 Å². The van der Waals surface area contributed by atoms with Crippen molar-refractivity contribution in [2.24, 2.45) is 0 Å². The van der Waals surface area contributed by atoms with Crippen LogP contribution in [0.25, 0.3) is 10.9 Å². The van der Waals surface area contributed by atoms with E-state index < -0.39 is 28.5 Å². The van der Waals surface area contributed by atoms with Gasteiger partial charge in [0.15, 0.2) is 6.61 Å². The Kier molecular flexibility index (Phi) is 8.01. The Morgan fingerprint density at radius 3 is 2.26 bits per heavy atom. The van der Waals surface area contributed by atoms with Crippen LogP contribution in [0.1, 0.15) is 42.4 Å². The molecule has 0 saturated carbocycles. The Hall–Kier alpha value is -3.30. The molecule has 0 aliphatic carbocycles. The first-order chi connectivity index (χ1) is 16.2. The lowest BCUT2D eigenvalue weighted by Gasteiger charge is -2.18. The summed E-state index contributed by atoms with van der Waals surface area (Å²) in [6.07, 6.45) is 0.664. The third kappa shape index (κ3) is 5.26. The summed E-state index contributed by atoms with van der Waals surface area (Å²) in [5.41, 5.74) is 3.03. The van der Waals surface area contributed by atoms with Gasteiger partial charge in [0.05, 0.1) is 16.0 Å². The molecule has 0 bridgehead atoms. The molecule has 8 nitrogen and oxygen atoms in total. The highest BCUT2D eigenvalue weighted by atomic mass is 32.2. The summed E-state index contributed by atoms with van der Waals surface area (Å²) in [4.78, 5) is 30.0. The average Bonchev–Trinajstić information content (AvgIpc) is 2.83. The zero-order valence-corrected chi connectivity index (χ0v) is 20.6. The number of pyridine rings is 1. The number of rotatable bonds is 9. The number of esters is 1. The van der Waals surface area contributed by atoms with Crippen LogP contribution in [0.4, 0.5) is 5.69 Å². The number of amides is 1. The predicted octanol–water partition coefficient (Wildman–Crippen LogP) is 3.93. The smallest absolute Gasteiger partial charge is 0.339 e. The fraction of sp³-hybridized carbons (Fsp3) is 0.320. The number of benzene rings is 2. The van der Waals surface area contributed by atoms with Gasteiger partial charge in [0, 0.05) is 29.9 Å². The number of aryl methyl sites for hydroxylation is 1. The van der Waals surface area contributed by atoms with Crippen molar-refractivity contribution in [2.45, 2.75) is 39.0 Å². The van der Waals surface area contributed by atoms with Gasteiger partial charge in [-0.05, 0) is 49.2 Å². The molecule has 3 rings (SSSR count). The molecule has 2 aromatic carbocycles. The summed E-state index contributed by atoms with van der Waals surface area (Å²) in [5, 5.41) is 3.30. The largest absolute Gasteiger partial charge is 0.452 e. The molecule has 1 amide bonds. The summed E-state index contributed by atoms with van der Waals surface area (Å²) >= 11 is 0. The van der Waals surface area contributed by atoms with Gasteiger partial charge in [-0.15, -0.1) is 0 Å². The van der Waals surface area contributed by atoms with E-state index in [1.165, 1.54) is 28.6 Å². The van der Waals surface area contributed by atoms with E-state index in [0.29, 0.717) is 41.7 Å². The lowest BCUT2D eigenvalue weighted by molar-refractivity contribution is -0.119. The van der Waals surface area contributed by atoms with Crippen molar-refractivity contribution in [1.29, 1.82) is 0 Å². The van der Waals surface area contributed by atoms with Gasteiger partial charge < -0.3 is 10.1 Å². The number of anilines is 1. The van der Waals surface area contributed by atoms with Gasteiger partial charge in [0.25, 0.3) is 5.91 Å². The molecule has 180 valence electrons. The maximum absolute atomic E-state index is 12.9. The number of para-hydroxylation sites is 1. The van der Waals surface area contributed by atoms with Crippen LogP contribution in [0.2, 0.25) is 0 Å². The number of hydrogen-bond donors (Lipinski definition) is 1. The molecule has 1 aromatic heterocycles. The topological polar surface area (TPSA) is 106 Å². The second kappa shape index (κ2) is 10.8. The van der Waals surface area contributed by atoms with Crippen molar-refractivity contribution in [3.63, 3.8) is 0 Å². The third-order valence-electron chi connectivity index (χ3n) is 5.59. The van der Waals surface area contributed by atoms with Crippen LogP contribution in [0, 0.1) is 6.92 Å². The van der Waals surface area contributed by atoms with E-state index in [1.54, 1.807) is 19.9 Å². The van der Waals surface area contributed by atoms with Gasteiger partial charge in [-0.25, -0.2) is 13.2 Å². The molecule has 0 radical (unpaired) electrons. The van der Waals surface area contributed by atoms with Gasteiger partial charge >= 0.3 is 5.97 Å². The van der Waals surface area contributed by atoms with Crippen LogP contribution in [-0.4, -0.2) is 49.3 Å². The van der Waals surface area contributed by atoms with Gasteiger partial charge in [0.1, 0.15) is 0 Å². The number of carbonyl (C=O) groups is 2. The van der Waals surface area contributed by atoms with E-state index in [4.69, 9.17) is 4.74 Å². The SMILES string of the molecule is CCc1nc2ccccc2c(C(=O)OCC(=O)Nc2ccc(S(=O)(=O)N(CC)CC)cc2)c1C. The Labute approximate surface area is 200 Å². The fourth-order valence-corrected chi connectivity index (χ4v) is 5.25. The molecule has 1 N–H and O–H groups in total. The number of nitrogens with one attached hydrogen (secondary N) is 1. The highest BCUT2D eigenvalue weighted by Gasteiger charge is 2.22. The molecule has 9 heteroatoms. The van der Waals surface area contributed by atoms with E-state index in [-0.39, 0.29) is 4.90 Å². The maximum atomic E-state index is 12.9. The van der Waals surface area contributed by atoms with Crippen LogP contribution in [0.3, 0.4) is 0 Å². The van der Waals surface area contributed by atoms with E-state index in [2.05, 4.69) is 10.3 Å². The Balaban J connectivity index is 1.69. The number of hydrogen-bond acceptors (Lipinski definition) is 6. The second-order valence-electron chi connectivity index (χ2n) is 7.67. The minimum atomic E-state index is -3.58. The molecule has 0 spiro atoms. The van der Waals surface area contributed by atoms with Crippen molar-refractivity contribution < 1.29 is 22.7 Å². The van der Waals surface area contributed by atoms with Crippen molar-refractivity contribution >= 4 is 38.5 Å². The average molecular weight is 484 g/mol. The number of ether oxygens (including phenoxy) is 1. The first kappa shape index (κ1) is 25.3. The quantitative estimate of drug-likeness (QED) is 0.462. The van der Waals surface area contributed by atoms with E-state index in [1.807, 2.05) is 32.0 Å². The zero-order chi connectivity index (χ0) is 24.9. The van der Waals surface area contributed by atoms with Gasteiger partial charge in [-0.2, -0.15) is 4.31 Å². The Morgan fingerprint density at radius 2 is 1.65 bits per heavy atom. The highest BCUT2D eigenvalue weighted by Crippen LogP contribution is 2.24. The molecule has 0 aliphatic heterocycles. The lowest BCUT2D eigenvalue weighted by atomic mass is 10.0. The van der Waals surface area contributed by atoms with Crippen LogP contribution >= 0.6 is 0 Å². The van der Waals surface area contributed by atoms with Crippen molar-refractivity contribution in [1.82, 2.24) is 9.29 Å². The number of carbonyl (C=O) groups excluding carboxylic acids is 2. The number of nitrogens with zero attached hydrogens (tertiary/aromatic N) is 2. The Bertz CT molecular complexity index is 1300. The molecule has 1 heterocycles. The number of sulfonamides is 1. The molecule has 0 saturated heterocycles. The number of aromatic nitrogens is 1. The molecular weight excluding hydrogens is 454 g/mol. The van der Waals surface area contributed by atoms with Gasteiger partial charge in [-0.1, -0.05) is 39.0 Å². The first-order valence-electron chi connectivity index (χ1n) is 11.2. The summed E-state index contributed by atoms with van der Waals surface area (Å²) in [6, 6.07) is 13.2. The van der Waals surface area contributed by atoms with E-state index in [9.17, 15) is 18.0 Å². The predicted molar refractivity (Wildman–Crippen MR) is 131 cm³/mol. The standard InChI is InChI=1S/C25H29N3O5S/c1-5-21-17(4)24(20-10-8-9-11-22(20)27-21)25(30)33-16-23(29)26-18-12-14-19(15-13-18)34(31,32)28(6-2)7-3/h8-15H,5-7,16H2,1-4H3,(H,26,29). The number of fused-ring (bicyclic) bond motifs is 1. The van der Waals surface area contributed by atoms with E-state index in [0.717, 1.165) is 11.3 Å². The summed E-state index contributed by atoms with van der Waals surface area (Å²) in [7, 11) is -3.58. The molecule has 0 unspecified atom stereocenters. The molecular formula is C25H29N3O5S. The fourth-order valence-electron chi connectivity index (χ4n) is 3.79. The van der Waals surface area contributed by atoms with Crippen molar-refractivity contribution in [3.8, 4) is 0 Å². The molecule has 0 fully saturated rings. The minimum Gasteiger partial charge on any atom is -0.452 e. The van der Waals surface area contributed by atoms with Gasteiger partial charge in [0.2, 0.25) is 10.0 Å². The molecule has 34 heavy (non-hydrogen) atoms. The summed E-state index contributed by atoms with van der Waals surface area (Å²) in [6.45, 7) is 7.60. The van der Waals surface area contributed by atoms with Crippen molar-refractivity contribution in [3.05, 3.63) is 65.4 Å². The van der Waals surface area contributed by atoms with Crippen LogP contribution in [0.15, 0.2) is 53.4 Å². The van der Waals surface area contributed by atoms with Crippen molar-refractivity contribution in [2.75, 3.05) is 25.0 Å². The summed E-state index contributed by atoms with van der Waals surface area (Å²) < 4.78 is 31.8. The molecule has 0 aliphatic rings. The first-order valence-corrected chi connectivity index (χ1v) is 12.6. The second-order valence-corrected chi connectivity index (χ2v) is 9.61. The lowest BCUT2D eigenvalue weighted by Crippen LogP contribution is -2.30. The normalized spacial score (nSPS) is 11.6. The van der Waals surface area contributed by atoms with Crippen LogP contribution in [-0.2, 0) is 26.0 Å². The highest BCUT2D eigenvalue weighted by molar-refractivity contribution is 7.89. The summed E-state index contributed by atoms with van der Waals surface area (Å²) in [5.74, 6) is -1.12. The van der Waals surface area contributed by atoms with Crippen LogP contribution < -0.4 is 5.32 Å². The molecule has 3 aromatic rings. The minimum absolute atomic E-state index is 0.146. The monoisotopic (exact) mass is 483 g/mol. The Morgan fingerprint density at radius 1 is 1.00 bits per heavy atom. The van der Waals surface area contributed by atoms with Gasteiger partial charge in [-0.3, -0.25) is 9.78 Å².